The highest BCUT2D eigenvalue weighted by molar-refractivity contribution is 7.98. The van der Waals surface area contributed by atoms with Gasteiger partial charge < -0.3 is 10.1 Å². The first-order valence-electron chi connectivity index (χ1n) is 9.53. The maximum Gasteiger partial charge on any atom is 0.333 e. The Morgan fingerprint density at radius 3 is 2.65 bits per heavy atom. The summed E-state index contributed by atoms with van der Waals surface area (Å²) in [6.45, 7) is 2.16. The van der Waals surface area contributed by atoms with E-state index < -0.39 is 5.97 Å². The molecule has 0 saturated carbocycles. The van der Waals surface area contributed by atoms with Crippen molar-refractivity contribution in [1.29, 1.82) is 0 Å². The van der Waals surface area contributed by atoms with Crippen molar-refractivity contribution in [3.63, 3.8) is 0 Å². The number of benzene rings is 1. The van der Waals surface area contributed by atoms with E-state index in [2.05, 4.69) is 5.32 Å². The molecular weight excluding hydrogens is 452 g/mol. The van der Waals surface area contributed by atoms with Gasteiger partial charge in [0, 0.05) is 9.77 Å². The number of thiazole rings is 1. The SMILES string of the molecule is CCOC(=O)/C=c1\s/c(=C/c2ccc(SC)cc2)c(=O)n1CC(=O)NCc1cccs1. The van der Waals surface area contributed by atoms with E-state index in [1.54, 1.807) is 36.1 Å². The topological polar surface area (TPSA) is 77.4 Å². The van der Waals surface area contributed by atoms with E-state index in [1.807, 2.05) is 48.0 Å². The molecule has 1 N–H and O–H groups in total. The van der Waals surface area contributed by atoms with E-state index in [0.717, 1.165) is 26.7 Å². The number of aromatic nitrogens is 1. The molecule has 0 aliphatic heterocycles. The Labute approximate surface area is 191 Å². The molecule has 0 atom stereocenters. The molecule has 6 nitrogen and oxygen atoms in total. The molecule has 0 bridgehead atoms. The molecule has 162 valence electrons. The Kier molecular flexibility index (Phi) is 8.27. The van der Waals surface area contributed by atoms with Crippen LogP contribution in [-0.4, -0.2) is 29.3 Å². The zero-order chi connectivity index (χ0) is 22.2. The maximum atomic E-state index is 13.0. The molecule has 3 rings (SSSR count). The van der Waals surface area contributed by atoms with Gasteiger partial charge in [0.2, 0.25) is 5.91 Å². The van der Waals surface area contributed by atoms with Gasteiger partial charge in [0.25, 0.3) is 5.56 Å². The predicted octanol–water partition coefficient (Wildman–Crippen LogP) is 2.18. The van der Waals surface area contributed by atoms with Gasteiger partial charge in [0.05, 0.1) is 23.8 Å². The lowest BCUT2D eigenvalue weighted by Crippen LogP contribution is -2.38. The highest BCUT2D eigenvalue weighted by Crippen LogP contribution is 2.15. The van der Waals surface area contributed by atoms with Crippen molar-refractivity contribution < 1.29 is 14.3 Å². The first-order valence-corrected chi connectivity index (χ1v) is 12.4. The summed E-state index contributed by atoms with van der Waals surface area (Å²) in [4.78, 5) is 39.6. The largest absolute Gasteiger partial charge is 0.463 e. The van der Waals surface area contributed by atoms with Crippen molar-refractivity contribution in [2.75, 3.05) is 12.9 Å². The Balaban J connectivity index is 1.93. The second-order valence-corrected chi connectivity index (χ2v) is 9.34. The number of carbonyl (C=O) groups excluding carboxylic acids is 2. The van der Waals surface area contributed by atoms with E-state index in [9.17, 15) is 14.4 Å². The quantitative estimate of drug-likeness (QED) is 0.400. The number of thiophene rings is 1. The highest BCUT2D eigenvalue weighted by Gasteiger charge is 2.11. The van der Waals surface area contributed by atoms with E-state index in [0.29, 0.717) is 15.7 Å². The second-order valence-electron chi connectivity index (χ2n) is 6.37. The summed E-state index contributed by atoms with van der Waals surface area (Å²) in [5.74, 6) is -0.852. The van der Waals surface area contributed by atoms with Crippen molar-refractivity contribution in [3.8, 4) is 0 Å². The minimum absolute atomic E-state index is 0.175. The summed E-state index contributed by atoms with van der Waals surface area (Å²) in [6, 6.07) is 11.7. The van der Waals surface area contributed by atoms with Gasteiger partial charge in [-0.05, 0) is 48.4 Å². The lowest BCUT2D eigenvalue weighted by molar-refractivity contribution is -0.135. The van der Waals surface area contributed by atoms with Crippen LogP contribution in [0.3, 0.4) is 0 Å². The Bertz CT molecular complexity index is 1210. The highest BCUT2D eigenvalue weighted by atomic mass is 32.2. The van der Waals surface area contributed by atoms with Gasteiger partial charge in [-0.2, -0.15) is 0 Å². The van der Waals surface area contributed by atoms with E-state index in [-0.39, 0.29) is 24.6 Å². The molecule has 1 amide bonds. The summed E-state index contributed by atoms with van der Waals surface area (Å²) in [5.41, 5.74) is 0.550. The number of ether oxygens (including phenoxy) is 1. The van der Waals surface area contributed by atoms with Gasteiger partial charge in [0.1, 0.15) is 11.2 Å². The fourth-order valence-corrected chi connectivity index (χ4v) is 4.81. The average Bonchev–Trinajstić information content (AvgIpc) is 3.37. The molecule has 0 aliphatic rings. The Hall–Kier alpha value is -2.62. The van der Waals surface area contributed by atoms with Crippen LogP contribution >= 0.6 is 34.4 Å². The first kappa shape index (κ1) is 23.1. The summed E-state index contributed by atoms with van der Waals surface area (Å²) in [6.07, 6.45) is 5.02. The summed E-state index contributed by atoms with van der Waals surface area (Å²) < 4.78 is 7.11. The standard InChI is InChI=1S/C22H22N2O4S3/c1-3-28-21(26)12-20-24(14-19(25)23-13-17-5-4-10-30-17)22(27)18(31-20)11-15-6-8-16(29-2)9-7-15/h4-12H,3,13-14H2,1-2H3,(H,23,25)/b18-11+,20-12-. The van der Waals surface area contributed by atoms with Gasteiger partial charge in [0.15, 0.2) is 0 Å². The maximum absolute atomic E-state index is 13.0. The molecule has 9 heteroatoms. The lowest BCUT2D eigenvalue weighted by Gasteiger charge is -2.04. The molecule has 3 aromatic rings. The normalized spacial score (nSPS) is 12.2. The molecule has 0 radical (unpaired) electrons. The van der Waals surface area contributed by atoms with Gasteiger partial charge >= 0.3 is 5.97 Å². The molecular formula is C22H22N2O4S3. The van der Waals surface area contributed by atoms with Crippen molar-refractivity contribution in [3.05, 3.63) is 71.8 Å². The van der Waals surface area contributed by atoms with Crippen LogP contribution in [0.5, 0.6) is 0 Å². The Morgan fingerprint density at radius 2 is 2.00 bits per heavy atom. The Morgan fingerprint density at radius 1 is 1.23 bits per heavy atom. The number of hydrogen-bond acceptors (Lipinski definition) is 7. The zero-order valence-corrected chi connectivity index (χ0v) is 19.6. The van der Waals surface area contributed by atoms with Crippen LogP contribution in [0.25, 0.3) is 12.2 Å². The van der Waals surface area contributed by atoms with Crippen molar-refractivity contribution in [1.82, 2.24) is 9.88 Å². The number of nitrogens with zero attached hydrogens (tertiary/aromatic N) is 1. The van der Waals surface area contributed by atoms with Crippen LogP contribution in [0.2, 0.25) is 0 Å². The number of esters is 1. The molecule has 0 spiro atoms. The monoisotopic (exact) mass is 474 g/mol. The fourth-order valence-electron chi connectivity index (χ4n) is 2.73. The third kappa shape index (κ3) is 6.43. The smallest absolute Gasteiger partial charge is 0.333 e. The molecule has 0 unspecified atom stereocenters. The zero-order valence-electron chi connectivity index (χ0n) is 17.1. The van der Waals surface area contributed by atoms with Crippen molar-refractivity contribution >= 4 is 58.5 Å². The van der Waals surface area contributed by atoms with E-state index in [1.165, 1.54) is 10.6 Å². The number of rotatable bonds is 8. The molecule has 2 heterocycles. The minimum Gasteiger partial charge on any atom is -0.463 e. The van der Waals surface area contributed by atoms with Gasteiger partial charge in [-0.15, -0.1) is 34.4 Å². The van der Waals surface area contributed by atoms with E-state index in [4.69, 9.17) is 4.74 Å². The van der Waals surface area contributed by atoms with Gasteiger partial charge in [-0.3, -0.25) is 14.2 Å². The first-order chi connectivity index (χ1) is 15.0. The van der Waals surface area contributed by atoms with E-state index >= 15 is 0 Å². The van der Waals surface area contributed by atoms with Crippen LogP contribution in [0, 0.1) is 0 Å². The van der Waals surface area contributed by atoms with Crippen molar-refractivity contribution in [2.45, 2.75) is 24.9 Å². The van der Waals surface area contributed by atoms with Crippen LogP contribution in [0.15, 0.2) is 51.5 Å². The second kappa shape index (κ2) is 11.1. The fraction of sp³-hybridized carbons (Fsp3) is 0.227. The molecule has 0 fully saturated rings. The molecule has 0 saturated heterocycles. The molecule has 0 aliphatic carbocycles. The number of amides is 1. The number of thioether (sulfide) groups is 1. The van der Waals surface area contributed by atoms with Gasteiger partial charge in [-0.25, -0.2) is 4.79 Å². The summed E-state index contributed by atoms with van der Waals surface area (Å²) >= 11 is 4.34. The predicted molar refractivity (Wildman–Crippen MR) is 127 cm³/mol. The van der Waals surface area contributed by atoms with Crippen LogP contribution < -0.4 is 20.1 Å². The lowest BCUT2D eigenvalue weighted by atomic mass is 10.2. The molecule has 2 aromatic heterocycles. The third-order valence-corrected chi connectivity index (χ3v) is 6.90. The minimum atomic E-state index is -0.549. The number of carbonyl (C=O) groups is 2. The van der Waals surface area contributed by atoms with Crippen molar-refractivity contribution in [2.24, 2.45) is 0 Å². The number of nitrogens with one attached hydrogen (secondary N) is 1. The third-order valence-electron chi connectivity index (χ3n) is 4.22. The summed E-state index contributed by atoms with van der Waals surface area (Å²) in [7, 11) is 0. The van der Waals surface area contributed by atoms with Crippen LogP contribution in [0.4, 0.5) is 0 Å². The van der Waals surface area contributed by atoms with Crippen LogP contribution in [-0.2, 0) is 27.4 Å². The average molecular weight is 475 g/mol. The molecule has 31 heavy (non-hydrogen) atoms. The van der Waals surface area contributed by atoms with Gasteiger partial charge in [-0.1, -0.05) is 18.2 Å². The molecule has 1 aromatic carbocycles. The number of hydrogen-bond donors (Lipinski definition) is 1. The summed E-state index contributed by atoms with van der Waals surface area (Å²) in [5, 5.41) is 4.75. The van der Waals surface area contributed by atoms with Crippen LogP contribution in [0.1, 0.15) is 17.4 Å².